The zero-order valence-electron chi connectivity index (χ0n) is 16.4. The third kappa shape index (κ3) is 3.40. The smallest absolute Gasteiger partial charge is 0.287 e. The summed E-state index contributed by atoms with van der Waals surface area (Å²) >= 11 is 0. The molecule has 1 atom stereocenters. The van der Waals surface area contributed by atoms with E-state index in [2.05, 4.69) is 15.3 Å². The maximum Gasteiger partial charge on any atom is 0.287 e. The van der Waals surface area contributed by atoms with E-state index in [9.17, 15) is 9.59 Å². The topological polar surface area (TPSA) is 80.4 Å². The SMILES string of the molecule is Cc1ccc2c(C)c(C(=O)NC[C@H]3CCN(c4cnn(C)c(=O)c4)C3)oc2c1. The number of fused-ring (bicyclic) bond motifs is 1. The minimum absolute atomic E-state index is 0.121. The first-order chi connectivity index (χ1) is 13.4. The van der Waals surface area contributed by atoms with Crippen molar-refractivity contribution in [3.05, 3.63) is 57.7 Å². The van der Waals surface area contributed by atoms with E-state index in [-0.39, 0.29) is 11.5 Å². The van der Waals surface area contributed by atoms with E-state index in [1.165, 1.54) is 4.68 Å². The average Bonchev–Trinajstić information content (AvgIpc) is 3.27. The second-order valence-corrected chi connectivity index (χ2v) is 7.54. The Bertz CT molecular complexity index is 1100. The van der Waals surface area contributed by atoms with E-state index in [1.54, 1.807) is 19.3 Å². The Morgan fingerprint density at radius 3 is 2.93 bits per heavy atom. The van der Waals surface area contributed by atoms with Crippen LogP contribution < -0.4 is 15.8 Å². The van der Waals surface area contributed by atoms with Crippen LogP contribution in [0, 0.1) is 19.8 Å². The molecule has 0 saturated carbocycles. The van der Waals surface area contributed by atoms with Gasteiger partial charge in [-0.05, 0) is 37.8 Å². The normalized spacial score (nSPS) is 16.7. The number of nitrogens with one attached hydrogen (secondary N) is 1. The molecule has 0 radical (unpaired) electrons. The van der Waals surface area contributed by atoms with Crippen molar-refractivity contribution >= 4 is 22.6 Å². The van der Waals surface area contributed by atoms with Gasteiger partial charge in [-0.3, -0.25) is 9.59 Å². The van der Waals surface area contributed by atoms with Gasteiger partial charge in [0.2, 0.25) is 0 Å². The fourth-order valence-corrected chi connectivity index (χ4v) is 3.73. The van der Waals surface area contributed by atoms with E-state index < -0.39 is 0 Å². The zero-order chi connectivity index (χ0) is 19.8. The van der Waals surface area contributed by atoms with Crippen LogP contribution in [0.3, 0.4) is 0 Å². The highest BCUT2D eigenvalue weighted by Gasteiger charge is 2.25. The number of nitrogens with zero attached hydrogens (tertiary/aromatic N) is 3. The summed E-state index contributed by atoms with van der Waals surface area (Å²) in [5.41, 5.74) is 3.43. The Hall–Kier alpha value is -3.09. The molecule has 3 aromatic rings. The lowest BCUT2D eigenvalue weighted by molar-refractivity contribution is 0.0922. The monoisotopic (exact) mass is 380 g/mol. The largest absolute Gasteiger partial charge is 0.451 e. The molecule has 3 heterocycles. The van der Waals surface area contributed by atoms with Crippen LogP contribution in [0.2, 0.25) is 0 Å². The predicted molar refractivity (Wildman–Crippen MR) is 108 cm³/mol. The summed E-state index contributed by atoms with van der Waals surface area (Å²) in [6, 6.07) is 7.57. The first-order valence-corrected chi connectivity index (χ1v) is 9.48. The molecule has 1 N–H and O–H groups in total. The highest BCUT2D eigenvalue weighted by atomic mass is 16.3. The number of hydrogen-bond acceptors (Lipinski definition) is 5. The van der Waals surface area contributed by atoms with Gasteiger partial charge in [-0.25, -0.2) is 4.68 Å². The molecular formula is C21H24N4O3. The van der Waals surface area contributed by atoms with Crippen LogP contribution in [0.4, 0.5) is 5.69 Å². The predicted octanol–water partition coefficient (Wildman–Crippen LogP) is 2.40. The molecule has 0 aliphatic carbocycles. The van der Waals surface area contributed by atoms with Gasteiger partial charge in [0.25, 0.3) is 11.5 Å². The number of furan rings is 1. The summed E-state index contributed by atoms with van der Waals surface area (Å²) in [7, 11) is 1.63. The first kappa shape index (κ1) is 18.3. The van der Waals surface area contributed by atoms with Gasteiger partial charge < -0.3 is 14.6 Å². The van der Waals surface area contributed by atoms with Gasteiger partial charge in [0.1, 0.15) is 5.58 Å². The van der Waals surface area contributed by atoms with Crippen molar-refractivity contribution in [3.63, 3.8) is 0 Å². The third-order valence-electron chi connectivity index (χ3n) is 5.46. The number of carbonyl (C=O) groups is 1. The number of amides is 1. The van der Waals surface area contributed by atoms with Gasteiger partial charge >= 0.3 is 0 Å². The van der Waals surface area contributed by atoms with Crippen molar-refractivity contribution in [1.29, 1.82) is 0 Å². The second-order valence-electron chi connectivity index (χ2n) is 7.54. The molecule has 7 heteroatoms. The minimum atomic E-state index is -0.181. The van der Waals surface area contributed by atoms with Gasteiger partial charge in [0.15, 0.2) is 5.76 Å². The van der Waals surface area contributed by atoms with Gasteiger partial charge in [0.05, 0.1) is 11.9 Å². The summed E-state index contributed by atoms with van der Waals surface area (Å²) in [6.07, 6.45) is 2.66. The molecule has 0 bridgehead atoms. The summed E-state index contributed by atoms with van der Waals surface area (Å²) in [6.45, 7) is 6.12. The summed E-state index contributed by atoms with van der Waals surface area (Å²) < 4.78 is 7.12. The van der Waals surface area contributed by atoms with Gasteiger partial charge in [-0.2, -0.15) is 5.10 Å². The molecule has 1 amide bonds. The number of rotatable bonds is 4. The number of aromatic nitrogens is 2. The molecule has 1 aliphatic heterocycles. The van der Waals surface area contributed by atoms with Crippen molar-refractivity contribution in [2.24, 2.45) is 13.0 Å². The number of benzene rings is 1. The maximum absolute atomic E-state index is 12.6. The van der Waals surface area contributed by atoms with Crippen molar-refractivity contribution in [2.75, 3.05) is 24.5 Å². The molecule has 0 spiro atoms. The lowest BCUT2D eigenvalue weighted by atomic mass is 10.1. The second kappa shape index (κ2) is 7.14. The summed E-state index contributed by atoms with van der Waals surface area (Å²) in [5.74, 6) is 0.520. The van der Waals surface area contributed by atoms with Gasteiger partial charge in [-0.15, -0.1) is 0 Å². The molecule has 28 heavy (non-hydrogen) atoms. The van der Waals surface area contributed by atoms with Gasteiger partial charge in [-0.1, -0.05) is 12.1 Å². The fourth-order valence-electron chi connectivity index (χ4n) is 3.73. The van der Waals surface area contributed by atoms with Crippen LogP contribution in [-0.4, -0.2) is 35.3 Å². The fraction of sp³-hybridized carbons (Fsp3) is 0.381. The zero-order valence-corrected chi connectivity index (χ0v) is 16.4. The van der Waals surface area contributed by atoms with Crippen molar-refractivity contribution < 1.29 is 9.21 Å². The summed E-state index contributed by atoms with van der Waals surface area (Å²) in [4.78, 5) is 26.6. The lowest BCUT2D eigenvalue weighted by Crippen LogP contribution is -2.31. The molecular weight excluding hydrogens is 356 g/mol. The van der Waals surface area contributed by atoms with E-state index >= 15 is 0 Å². The van der Waals surface area contributed by atoms with Crippen molar-refractivity contribution in [1.82, 2.24) is 15.1 Å². The van der Waals surface area contributed by atoms with Crippen LogP contribution >= 0.6 is 0 Å². The molecule has 146 valence electrons. The Balaban J connectivity index is 1.40. The quantitative estimate of drug-likeness (QED) is 0.752. The number of hydrogen-bond donors (Lipinski definition) is 1. The molecule has 4 rings (SSSR count). The molecule has 0 unspecified atom stereocenters. The van der Waals surface area contributed by atoms with Crippen LogP contribution in [0.15, 0.2) is 39.7 Å². The van der Waals surface area contributed by atoms with E-state index in [1.807, 2.05) is 32.0 Å². The van der Waals surface area contributed by atoms with Crippen molar-refractivity contribution in [3.8, 4) is 0 Å². The molecule has 1 saturated heterocycles. The Morgan fingerprint density at radius 2 is 2.14 bits per heavy atom. The Morgan fingerprint density at radius 1 is 1.32 bits per heavy atom. The van der Waals surface area contributed by atoms with Crippen molar-refractivity contribution in [2.45, 2.75) is 20.3 Å². The number of anilines is 1. The minimum Gasteiger partial charge on any atom is -0.451 e. The number of carbonyl (C=O) groups excluding carboxylic acids is 1. The van der Waals surface area contributed by atoms with Crippen LogP contribution in [0.25, 0.3) is 11.0 Å². The average molecular weight is 380 g/mol. The van der Waals surface area contributed by atoms with Crippen LogP contribution in [-0.2, 0) is 7.05 Å². The highest BCUT2D eigenvalue weighted by Crippen LogP contribution is 2.26. The van der Waals surface area contributed by atoms with E-state index in [4.69, 9.17) is 4.42 Å². The highest BCUT2D eigenvalue weighted by molar-refractivity contribution is 5.99. The Labute approximate surface area is 162 Å². The lowest BCUT2D eigenvalue weighted by Gasteiger charge is -2.18. The maximum atomic E-state index is 12.6. The molecule has 1 aliphatic rings. The summed E-state index contributed by atoms with van der Waals surface area (Å²) in [5, 5.41) is 8.06. The van der Waals surface area contributed by atoms with Crippen LogP contribution in [0.5, 0.6) is 0 Å². The Kier molecular flexibility index (Phi) is 4.66. The van der Waals surface area contributed by atoms with E-state index in [0.717, 1.165) is 47.3 Å². The van der Waals surface area contributed by atoms with Crippen LogP contribution in [0.1, 0.15) is 28.1 Å². The molecule has 1 fully saturated rings. The third-order valence-corrected chi connectivity index (χ3v) is 5.46. The molecule has 7 nitrogen and oxygen atoms in total. The van der Waals surface area contributed by atoms with Gasteiger partial charge in [0, 0.05) is 43.7 Å². The number of aryl methyl sites for hydroxylation is 3. The first-order valence-electron chi connectivity index (χ1n) is 9.48. The molecule has 2 aromatic heterocycles. The standard InChI is InChI=1S/C21H24N4O3/c1-13-4-5-17-14(2)20(28-18(17)8-13)21(27)22-10-15-6-7-25(12-15)16-9-19(26)24(3)23-11-16/h4-5,8-9,11,15H,6-7,10,12H2,1-3H3,(H,22,27)/t15-/m1/s1. The molecule has 1 aromatic carbocycles. The van der Waals surface area contributed by atoms with E-state index in [0.29, 0.717) is 18.2 Å².